The summed E-state index contributed by atoms with van der Waals surface area (Å²) in [5, 5.41) is 12.2. The Hall–Kier alpha value is -3.15. The molecule has 0 aliphatic heterocycles. The van der Waals surface area contributed by atoms with Gasteiger partial charge in [0.1, 0.15) is 29.5 Å². The summed E-state index contributed by atoms with van der Waals surface area (Å²) < 4.78 is 53.7. The van der Waals surface area contributed by atoms with Gasteiger partial charge in [-0.1, -0.05) is 37.3 Å². The molecule has 7 nitrogen and oxygen atoms in total. The molecule has 3 N–H and O–H groups in total. The summed E-state index contributed by atoms with van der Waals surface area (Å²) in [5.41, 5.74) is 3.13. The van der Waals surface area contributed by atoms with Crippen molar-refractivity contribution in [3.05, 3.63) is 65.4 Å². The molecule has 0 saturated carbocycles. The highest BCUT2D eigenvalue weighted by atomic mass is 32.1. The number of nitrogens with one attached hydrogen (secondary N) is 2. The van der Waals surface area contributed by atoms with Gasteiger partial charge in [-0.25, -0.2) is 0 Å². The number of amides is 1. The van der Waals surface area contributed by atoms with Gasteiger partial charge in [0.15, 0.2) is 5.76 Å². The Morgan fingerprint density at radius 1 is 1.18 bits per heavy atom. The number of rotatable bonds is 10. The molecule has 3 aromatic rings. The van der Waals surface area contributed by atoms with Gasteiger partial charge in [0.25, 0.3) is 5.91 Å². The van der Waals surface area contributed by atoms with E-state index in [1.165, 1.54) is 0 Å². The first-order valence-corrected chi connectivity index (χ1v) is 10.8. The lowest BCUT2D eigenvalue weighted by atomic mass is 10.1. The van der Waals surface area contributed by atoms with E-state index in [4.69, 9.17) is 31.3 Å². The number of thiocarbonyl (C=S) groups is 1. The van der Waals surface area contributed by atoms with Crippen LogP contribution in [0.2, 0.25) is 0 Å². The average Bonchev–Trinajstić information content (AvgIpc) is 3.19. The Morgan fingerprint density at radius 3 is 2.53 bits per heavy atom. The molecule has 0 radical (unpaired) electrons. The Bertz CT molecular complexity index is 1130. The molecule has 0 spiro atoms. The van der Waals surface area contributed by atoms with Crippen LogP contribution in [0.15, 0.2) is 52.9 Å². The van der Waals surface area contributed by atoms with Crippen molar-refractivity contribution in [2.75, 3.05) is 13.2 Å². The van der Waals surface area contributed by atoms with Crippen LogP contribution in [-0.4, -0.2) is 41.5 Å². The molecule has 1 atom stereocenters. The monoisotopic (exact) mass is 496 g/mol. The van der Waals surface area contributed by atoms with Gasteiger partial charge in [0.2, 0.25) is 0 Å². The smallest absolute Gasteiger partial charge is 0.411 e. The molecule has 34 heavy (non-hydrogen) atoms. The van der Waals surface area contributed by atoms with E-state index in [1.807, 2.05) is 12.4 Å². The number of hydroxylamine groups is 1. The molecule has 3 rings (SSSR count). The molecular formula is C23H23F3N2O5S. The van der Waals surface area contributed by atoms with Gasteiger partial charge >= 0.3 is 6.18 Å². The van der Waals surface area contributed by atoms with Crippen molar-refractivity contribution < 1.29 is 37.1 Å². The van der Waals surface area contributed by atoms with E-state index < -0.39 is 31.3 Å². The zero-order chi connectivity index (χ0) is 24.7. The number of alkyl halides is 3. The van der Waals surface area contributed by atoms with Crippen LogP contribution in [0.1, 0.15) is 35.0 Å². The SMILES string of the molecule is CC[C@@H](COc1ccc(C(=S)NO)cc1)NC(=O)c1oc2ccccc2c1COCC(F)(F)F. The zero-order valence-electron chi connectivity index (χ0n) is 18.1. The van der Waals surface area contributed by atoms with Crippen molar-refractivity contribution in [1.29, 1.82) is 0 Å². The molecule has 1 aromatic heterocycles. The standard InChI is InChI=1S/C23H23F3N2O5S/c1-2-15(11-32-16-9-7-14(8-10-16)22(34)28-30)27-21(29)20-18(12-31-13-23(24,25)26)17-5-3-4-6-19(17)33-20/h3-10,15,30H,2,11-13H2,1H3,(H,27,29)(H,28,34)/t15-/m0/s1. The first-order chi connectivity index (χ1) is 16.2. The number of ether oxygens (including phenoxy) is 2. The lowest BCUT2D eigenvalue weighted by Crippen LogP contribution is -2.38. The van der Waals surface area contributed by atoms with Gasteiger partial charge in [-0.2, -0.15) is 13.2 Å². The Labute approximate surface area is 198 Å². The third-order valence-electron chi connectivity index (χ3n) is 4.91. The molecule has 0 aliphatic rings. The van der Waals surface area contributed by atoms with E-state index >= 15 is 0 Å². The summed E-state index contributed by atoms with van der Waals surface area (Å²) in [4.78, 5) is 13.1. The van der Waals surface area contributed by atoms with Crippen LogP contribution in [0.5, 0.6) is 5.75 Å². The molecule has 0 bridgehead atoms. The third-order valence-corrected chi connectivity index (χ3v) is 5.24. The quantitative estimate of drug-likeness (QED) is 0.275. The number of carbonyl (C=O) groups is 1. The summed E-state index contributed by atoms with van der Waals surface area (Å²) in [6.07, 6.45) is -3.95. The van der Waals surface area contributed by atoms with Gasteiger partial charge in [0, 0.05) is 16.5 Å². The van der Waals surface area contributed by atoms with E-state index in [-0.39, 0.29) is 22.9 Å². The fraction of sp³-hybridized carbons (Fsp3) is 0.304. The summed E-state index contributed by atoms with van der Waals surface area (Å²) in [6, 6.07) is 13.0. The number of furan rings is 1. The van der Waals surface area contributed by atoms with Gasteiger partial charge in [-0.15, -0.1) is 0 Å². The number of carbonyl (C=O) groups excluding carboxylic acids is 1. The second-order valence-corrected chi connectivity index (χ2v) is 7.78. The summed E-state index contributed by atoms with van der Waals surface area (Å²) in [5.74, 6) is -0.148. The molecule has 2 aromatic carbocycles. The van der Waals surface area contributed by atoms with E-state index in [0.717, 1.165) is 0 Å². The number of hydrogen-bond acceptors (Lipinski definition) is 6. The molecule has 1 amide bonds. The van der Waals surface area contributed by atoms with Crippen molar-refractivity contribution in [2.24, 2.45) is 0 Å². The van der Waals surface area contributed by atoms with Gasteiger partial charge in [-0.05, 0) is 36.8 Å². The van der Waals surface area contributed by atoms with Crippen LogP contribution < -0.4 is 15.5 Å². The van der Waals surface area contributed by atoms with Gasteiger partial charge in [0.05, 0.1) is 12.6 Å². The average molecular weight is 497 g/mol. The first kappa shape index (κ1) is 25.5. The van der Waals surface area contributed by atoms with Crippen LogP contribution in [-0.2, 0) is 11.3 Å². The molecule has 0 fully saturated rings. The highest BCUT2D eigenvalue weighted by Crippen LogP contribution is 2.27. The minimum absolute atomic E-state index is 0.101. The van der Waals surface area contributed by atoms with Gasteiger partial charge < -0.3 is 19.2 Å². The van der Waals surface area contributed by atoms with Crippen molar-refractivity contribution in [3.8, 4) is 5.75 Å². The molecular weight excluding hydrogens is 473 g/mol. The lowest BCUT2D eigenvalue weighted by molar-refractivity contribution is -0.176. The van der Waals surface area contributed by atoms with Crippen molar-refractivity contribution >= 4 is 34.1 Å². The van der Waals surface area contributed by atoms with Crippen molar-refractivity contribution in [2.45, 2.75) is 32.2 Å². The molecule has 0 aliphatic carbocycles. The highest BCUT2D eigenvalue weighted by molar-refractivity contribution is 7.80. The Balaban J connectivity index is 1.68. The minimum Gasteiger partial charge on any atom is -0.491 e. The number of fused-ring (bicyclic) bond motifs is 1. The van der Waals surface area contributed by atoms with Crippen molar-refractivity contribution in [1.82, 2.24) is 10.8 Å². The maximum Gasteiger partial charge on any atom is 0.411 e. The Kier molecular flexibility index (Phi) is 8.48. The van der Waals surface area contributed by atoms with Crippen LogP contribution in [0, 0.1) is 0 Å². The van der Waals surface area contributed by atoms with Crippen LogP contribution >= 0.6 is 12.2 Å². The Morgan fingerprint density at radius 2 is 1.88 bits per heavy atom. The summed E-state index contributed by atoms with van der Waals surface area (Å²) >= 11 is 4.94. The first-order valence-electron chi connectivity index (χ1n) is 10.3. The maximum absolute atomic E-state index is 12.9. The van der Waals surface area contributed by atoms with Crippen LogP contribution in [0.25, 0.3) is 11.0 Å². The van der Waals surface area contributed by atoms with E-state index in [9.17, 15) is 18.0 Å². The lowest BCUT2D eigenvalue weighted by Gasteiger charge is -2.18. The fourth-order valence-corrected chi connectivity index (χ4v) is 3.31. The largest absolute Gasteiger partial charge is 0.491 e. The minimum atomic E-state index is -4.48. The second-order valence-electron chi connectivity index (χ2n) is 7.37. The number of halogens is 3. The van der Waals surface area contributed by atoms with E-state index in [0.29, 0.717) is 28.7 Å². The zero-order valence-corrected chi connectivity index (χ0v) is 19.0. The number of para-hydroxylation sites is 1. The molecule has 0 unspecified atom stereocenters. The third kappa shape index (κ3) is 6.69. The molecule has 0 saturated heterocycles. The molecule has 182 valence electrons. The van der Waals surface area contributed by atoms with E-state index in [1.54, 1.807) is 48.5 Å². The van der Waals surface area contributed by atoms with Crippen molar-refractivity contribution in [3.63, 3.8) is 0 Å². The fourth-order valence-electron chi connectivity index (χ4n) is 3.17. The number of hydrogen-bond donors (Lipinski definition) is 3. The summed E-state index contributed by atoms with van der Waals surface area (Å²) in [6.45, 7) is 0.138. The maximum atomic E-state index is 12.9. The van der Waals surface area contributed by atoms with Gasteiger partial charge in [-0.3, -0.25) is 15.5 Å². The predicted octanol–water partition coefficient (Wildman–Crippen LogP) is 4.75. The van der Waals surface area contributed by atoms with E-state index in [2.05, 4.69) is 5.32 Å². The van der Waals surface area contributed by atoms with Crippen LogP contribution in [0.4, 0.5) is 13.2 Å². The van der Waals surface area contributed by atoms with Crippen LogP contribution in [0.3, 0.4) is 0 Å². The molecule has 1 heterocycles. The highest BCUT2D eigenvalue weighted by Gasteiger charge is 2.29. The topological polar surface area (TPSA) is 93.0 Å². The predicted molar refractivity (Wildman–Crippen MR) is 122 cm³/mol. The normalized spacial score (nSPS) is 12.4. The summed E-state index contributed by atoms with van der Waals surface area (Å²) in [7, 11) is 0. The number of benzene rings is 2. The molecule has 11 heteroatoms. The second kappa shape index (κ2) is 11.3.